The van der Waals surface area contributed by atoms with Crippen molar-refractivity contribution < 1.29 is 9.52 Å². The van der Waals surface area contributed by atoms with Gasteiger partial charge >= 0.3 is 0 Å². The molecule has 0 saturated heterocycles. The fourth-order valence-electron chi connectivity index (χ4n) is 3.03. The maximum Gasteiger partial charge on any atom is 0.251 e. The Labute approximate surface area is 147 Å². The first kappa shape index (κ1) is 16.7. The molecule has 0 saturated carbocycles. The molecule has 25 heavy (non-hydrogen) atoms. The molecule has 0 bridgehead atoms. The molecule has 1 aromatic heterocycles. The third kappa shape index (κ3) is 4.04. The van der Waals surface area contributed by atoms with E-state index < -0.39 is 0 Å². The minimum atomic E-state index is -0.190. The molecule has 3 rings (SSSR count). The molecule has 2 aromatic carbocycles. The molecule has 0 aliphatic carbocycles. The van der Waals surface area contributed by atoms with Gasteiger partial charge in [-0.25, -0.2) is 0 Å². The number of pyridine rings is 1. The number of hydrogen-bond acceptors (Lipinski definition) is 2. The minimum Gasteiger partial charge on any atom is -0.619 e. The smallest absolute Gasteiger partial charge is 0.251 e. The van der Waals surface area contributed by atoms with Crippen LogP contribution in [0.15, 0.2) is 85.2 Å². The Balaban J connectivity index is 1.86. The van der Waals surface area contributed by atoms with Gasteiger partial charge in [-0.3, -0.25) is 4.79 Å². The van der Waals surface area contributed by atoms with Gasteiger partial charge in [-0.15, -0.1) is 0 Å². The second-order valence-electron chi connectivity index (χ2n) is 6.01. The van der Waals surface area contributed by atoms with Crippen LogP contribution in [0.2, 0.25) is 0 Å². The van der Waals surface area contributed by atoms with Gasteiger partial charge < -0.3 is 10.5 Å². The fraction of sp³-hybridized carbons (Fsp3) is 0.143. The third-order valence-corrected chi connectivity index (χ3v) is 4.24. The lowest BCUT2D eigenvalue weighted by atomic mass is 9.85. The van der Waals surface area contributed by atoms with Crippen LogP contribution in [0.25, 0.3) is 0 Å². The van der Waals surface area contributed by atoms with Gasteiger partial charge in [0.1, 0.15) is 0 Å². The summed E-state index contributed by atoms with van der Waals surface area (Å²) in [6.45, 7) is 2.00. The number of rotatable bonds is 5. The summed E-state index contributed by atoms with van der Waals surface area (Å²) in [5.41, 5.74) is 2.76. The van der Waals surface area contributed by atoms with Gasteiger partial charge in [0.2, 0.25) is 0 Å². The van der Waals surface area contributed by atoms with Crippen molar-refractivity contribution in [1.82, 2.24) is 5.32 Å². The third-order valence-electron chi connectivity index (χ3n) is 4.24. The molecule has 0 fully saturated rings. The molecule has 4 heteroatoms. The molecule has 3 aromatic rings. The van der Waals surface area contributed by atoms with Gasteiger partial charge in [0.15, 0.2) is 12.4 Å². The highest BCUT2D eigenvalue weighted by atomic mass is 16.5. The normalized spacial score (nSPS) is 11.9. The lowest BCUT2D eigenvalue weighted by Crippen LogP contribution is -2.38. The summed E-state index contributed by atoms with van der Waals surface area (Å²) in [5, 5.41) is 14.2. The fourth-order valence-corrected chi connectivity index (χ4v) is 3.03. The molecule has 4 nitrogen and oxygen atoms in total. The minimum absolute atomic E-state index is 0.0412. The van der Waals surface area contributed by atoms with E-state index in [2.05, 4.69) is 29.6 Å². The Morgan fingerprint density at radius 3 is 1.84 bits per heavy atom. The van der Waals surface area contributed by atoms with E-state index in [1.54, 1.807) is 0 Å². The Bertz CT molecular complexity index is 778. The van der Waals surface area contributed by atoms with E-state index in [1.165, 1.54) is 24.5 Å². The van der Waals surface area contributed by atoms with Crippen molar-refractivity contribution in [2.24, 2.45) is 0 Å². The van der Waals surface area contributed by atoms with Crippen molar-refractivity contribution in [3.8, 4) is 0 Å². The molecule has 0 aliphatic heterocycles. The van der Waals surface area contributed by atoms with Crippen molar-refractivity contribution in [1.29, 1.82) is 0 Å². The summed E-state index contributed by atoms with van der Waals surface area (Å²) in [6, 6.07) is 23.2. The zero-order valence-corrected chi connectivity index (χ0v) is 14.0. The maximum atomic E-state index is 12.5. The molecular weight excluding hydrogens is 312 g/mol. The second kappa shape index (κ2) is 7.62. The number of aromatic nitrogens is 1. The monoisotopic (exact) mass is 332 g/mol. The van der Waals surface area contributed by atoms with Gasteiger partial charge in [0.25, 0.3) is 5.91 Å². The van der Waals surface area contributed by atoms with Crippen LogP contribution in [0.3, 0.4) is 0 Å². The van der Waals surface area contributed by atoms with Gasteiger partial charge in [0.05, 0.1) is 5.56 Å². The van der Waals surface area contributed by atoms with Crippen molar-refractivity contribution >= 4 is 5.91 Å². The molecule has 1 unspecified atom stereocenters. The lowest BCUT2D eigenvalue weighted by molar-refractivity contribution is -0.605. The average molecular weight is 332 g/mol. The quantitative estimate of drug-likeness (QED) is 0.576. The largest absolute Gasteiger partial charge is 0.619 e. The molecular formula is C21H20N2O2. The lowest BCUT2D eigenvalue weighted by Gasteiger charge is -2.26. The van der Waals surface area contributed by atoms with E-state index in [1.807, 2.05) is 43.3 Å². The molecule has 0 aliphatic rings. The Morgan fingerprint density at radius 2 is 1.36 bits per heavy atom. The highest BCUT2D eigenvalue weighted by Gasteiger charge is 2.23. The zero-order valence-electron chi connectivity index (χ0n) is 14.0. The number of carbonyl (C=O) groups is 1. The second-order valence-corrected chi connectivity index (χ2v) is 6.01. The van der Waals surface area contributed by atoms with Crippen molar-refractivity contribution in [2.75, 3.05) is 0 Å². The molecule has 0 spiro atoms. The van der Waals surface area contributed by atoms with E-state index in [0.29, 0.717) is 10.3 Å². The highest BCUT2D eigenvalue weighted by Crippen LogP contribution is 2.28. The molecule has 1 N–H and O–H groups in total. The molecule has 1 atom stereocenters. The number of amides is 1. The molecule has 1 heterocycles. The number of carbonyl (C=O) groups excluding carboxylic acids is 1. The first-order chi connectivity index (χ1) is 12.1. The number of nitrogens with one attached hydrogen (secondary N) is 1. The number of hydrogen-bond donors (Lipinski definition) is 1. The van der Waals surface area contributed by atoms with Gasteiger partial charge in [0, 0.05) is 24.1 Å². The Morgan fingerprint density at radius 1 is 0.880 bits per heavy atom. The van der Waals surface area contributed by atoms with E-state index in [-0.39, 0.29) is 17.9 Å². The van der Waals surface area contributed by atoms with Gasteiger partial charge in [-0.1, -0.05) is 60.7 Å². The Kier molecular flexibility index (Phi) is 5.09. The van der Waals surface area contributed by atoms with Crippen LogP contribution in [0.4, 0.5) is 0 Å². The van der Waals surface area contributed by atoms with Crippen molar-refractivity contribution in [2.45, 2.75) is 18.9 Å². The first-order valence-corrected chi connectivity index (χ1v) is 8.25. The summed E-state index contributed by atoms with van der Waals surface area (Å²) in [5.74, 6) is -0.149. The first-order valence-electron chi connectivity index (χ1n) is 8.25. The predicted octanol–water partition coefficient (Wildman–Crippen LogP) is 3.27. The summed E-state index contributed by atoms with van der Waals surface area (Å²) in [4.78, 5) is 12.5. The summed E-state index contributed by atoms with van der Waals surface area (Å²) in [7, 11) is 0. The van der Waals surface area contributed by atoms with Crippen LogP contribution >= 0.6 is 0 Å². The van der Waals surface area contributed by atoms with E-state index in [9.17, 15) is 10.0 Å². The standard InChI is InChI=1S/C21H20N2O2/c1-16(22-21(24)19-12-14-23(25)15-13-19)20(17-8-4-2-5-9-17)18-10-6-3-7-11-18/h2-16,20H,1H3,(H,22,24). The van der Waals surface area contributed by atoms with E-state index in [4.69, 9.17) is 0 Å². The van der Waals surface area contributed by atoms with Gasteiger partial charge in [-0.2, -0.15) is 4.73 Å². The van der Waals surface area contributed by atoms with Crippen LogP contribution in [-0.2, 0) is 0 Å². The van der Waals surface area contributed by atoms with Crippen molar-refractivity contribution in [3.05, 3.63) is 107 Å². The van der Waals surface area contributed by atoms with Crippen LogP contribution in [-0.4, -0.2) is 11.9 Å². The van der Waals surface area contributed by atoms with Gasteiger partial charge in [-0.05, 0) is 18.1 Å². The van der Waals surface area contributed by atoms with Crippen LogP contribution in [0.1, 0.15) is 34.3 Å². The SMILES string of the molecule is CC(NC(=O)c1cc[n+]([O-])cc1)C(c1ccccc1)c1ccccc1. The highest BCUT2D eigenvalue weighted by molar-refractivity contribution is 5.94. The van der Waals surface area contributed by atoms with Crippen molar-refractivity contribution in [3.63, 3.8) is 0 Å². The number of nitrogens with zero attached hydrogens (tertiary/aromatic N) is 1. The molecule has 0 radical (unpaired) electrons. The van der Waals surface area contributed by atoms with E-state index in [0.717, 1.165) is 11.1 Å². The number of benzene rings is 2. The van der Waals surface area contributed by atoms with Crippen LogP contribution < -0.4 is 10.0 Å². The predicted molar refractivity (Wildman–Crippen MR) is 97.1 cm³/mol. The molecule has 126 valence electrons. The zero-order chi connectivity index (χ0) is 17.6. The molecule has 1 amide bonds. The van der Waals surface area contributed by atoms with Crippen LogP contribution in [0.5, 0.6) is 0 Å². The average Bonchev–Trinajstić information content (AvgIpc) is 2.64. The summed E-state index contributed by atoms with van der Waals surface area (Å²) < 4.78 is 0.664. The summed E-state index contributed by atoms with van der Waals surface area (Å²) in [6.07, 6.45) is 2.65. The Hall–Kier alpha value is -3.14. The summed E-state index contributed by atoms with van der Waals surface area (Å²) >= 11 is 0. The van der Waals surface area contributed by atoms with E-state index >= 15 is 0 Å². The maximum absolute atomic E-state index is 12.5. The topological polar surface area (TPSA) is 56.0 Å². The van der Waals surface area contributed by atoms with Crippen LogP contribution in [0, 0.1) is 5.21 Å².